The van der Waals surface area contributed by atoms with Crippen LogP contribution in [0.4, 0.5) is 0 Å². The zero-order valence-electron chi connectivity index (χ0n) is 12.6. The molecular formula is C15H25N2O4+. The molecule has 0 aromatic rings. The Bertz CT molecular complexity index is 420. The van der Waals surface area contributed by atoms with Crippen molar-refractivity contribution in [3.8, 4) is 0 Å². The number of ketones is 1. The van der Waals surface area contributed by atoms with Gasteiger partial charge in [0.15, 0.2) is 6.04 Å². The quantitative estimate of drug-likeness (QED) is 0.495. The molecule has 0 radical (unpaired) electrons. The van der Waals surface area contributed by atoms with Crippen LogP contribution in [0.2, 0.25) is 0 Å². The summed E-state index contributed by atoms with van der Waals surface area (Å²) in [6, 6.07) is -1.13. The van der Waals surface area contributed by atoms with Crippen molar-refractivity contribution in [3.05, 3.63) is 0 Å². The third-order valence-corrected chi connectivity index (χ3v) is 4.62. The number of carbonyl (C=O) groups is 3. The summed E-state index contributed by atoms with van der Waals surface area (Å²) in [7, 11) is 0. The number of nitrogens with two attached hydrogens (primary N) is 1. The van der Waals surface area contributed by atoms with Gasteiger partial charge in [0, 0.05) is 12.8 Å². The predicted octanol–water partition coefficient (Wildman–Crippen LogP) is -0.790. The van der Waals surface area contributed by atoms with Gasteiger partial charge < -0.3 is 10.5 Å². The number of hydrogen-bond donors (Lipinski definition) is 2. The molecule has 1 heterocycles. The summed E-state index contributed by atoms with van der Waals surface area (Å²) in [5.41, 5.74) is 6.01. The molecule has 2 unspecified atom stereocenters. The Hall–Kier alpha value is -1.27. The Balaban J connectivity index is 1.94. The highest BCUT2D eigenvalue weighted by Gasteiger charge is 2.44. The first-order valence-corrected chi connectivity index (χ1v) is 7.91. The molecule has 1 amide bonds. The van der Waals surface area contributed by atoms with Gasteiger partial charge in [-0.3, -0.25) is 9.69 Å². The van der Waals surface area contributed by atoms with Crippen molar-refractivity contribution in [1.82, 2.24) is 0 Å². The minimum Gasteiger partial charge on any atom is -0.460 e. The number of hydrogen-bond acceptors (Lipinski definition) is 5. The van der Waals surface area contributed by atoms with Crippen LogP contribution in [0.5, 0.6) is 0 Å². The van der Waals surface area contributed by atoms with Crippen molar-refractivity contribution in [2.45, 2.75) is 57.5 Å². The minimum absolute atomic E-state index is 0.123. The molecule has 3 atom stereocenters. The topological polar surface area (TPSA) is 90.9 Å². The van der Waals surface area contributed by atoms with E-state index in [4.69, 9.17) is 10.5 Å². The minimum atomic E-state index is -0.831. The molecule has 2 aliphatic rings. The number of Topliss-reactive ketones (excluding diaryl/α,β-unsaturated/α-hetero) is 1. The molecule has 0 aromatic heterocycles. The largest absolute Gasteiger partial charge is 0.460 e. The summed E-state index contributed by atoms with van der Waals surface area (Å²) in [5, 5.41) is 0. The molecule has 6 heteroatoms. The van der Waals surface area contributed by atoms with Gasteiger partial charge >= 0.3 is 11.9 Å². The molecule has 0 spiro atoms. The van der Waals surface area contributed by atoms with E-state index in [9.17, 15) is 14.4 Å². The predicted molar refractivity (Wildman–Crippen MR) is 75.4 cm³/mol. The van der Waals surface area contributed by atoms with Crippen LogP contribution in [0.15, 0.2) is 0 Å². The first-order valence-electron chi connectivity index (χ1n) is 7.91. The molecule has 0 aromatic carbocycles. The second-order valence-electron chi connectivity index (χ2n) is 6.06. The zero-order valence-corrected chi connectivity index (χ0v) is 12.6. The van der Waals surface area contributed by atoms with E-state index in [1.807, 2.05) is 0 Å². The average Bonchev–Trinajstić information content (AvgIpc) is 2.90. The number of likely N-dealkylation sites (tertiary alicyclic amines) is 1. The lowest BCUT2D eigenvalue weighted by Gasteiger charge is -2.28. The van der Waals surface area contributed by atoms with Crippen LogP contribution < -0.4 is 10.6 Å². The average molecular weight is 297 g/mol. The highest BCUT2D eigenvalue weighted by Crippen LogP contribution is 2.29. The van der Waals surface area contributed by atoms with Gasteiger partial charge in [-0.2, -0.15) is 0 Å². The molecule has 2 fully saturated rings. The monoisotopic (exact) mass is 297 g/mol. The second kappa shape index (κ2) is 7.13. The van der Waals surface area contributed by atoms with Gasteiger partial charge in [0.05, 0.1) is 13.2 Å². The molecular weight excluding hydrogens is 272 g/mol. The van der Waals surface area contributed by atoms with E-state index in [1.54, 1.807) is 6.92 Å². The van der Waals surface area contributed by atoms with Gasteiger partial charge in [-0.25, -0.2) is 9.59 Å². The number of carbonyl (C=O) groups excluding carboxylic acids is 3. The number of rotatable bonds is 6. The van der Waals surface area contributed by atoms with Gasteiger partial charge in [-0.1, -0.05) is 19.3 Å². The lowest BCUT2D eigenvalue weighted by atomic mass is 9.81. The van der Waals surface area contributed by atoms with Crippen LogP contribution >= 0.6 is 0 Å². The Morgan fingerprint density at radius 2 is 1.95 bits per heavy atom. The molecule has 1 saturated carbocycles. The van der Waals surface area contributed by atoms with Crippen molar-refractivity contribution in [2.75, 3.05) is 13.2 Å². The maximum atomic E-state index is 12.4. The van der Waals surface area contributed by atoms with E-state index in [-0.39, 0.29) is 12.5 Å². The lowest BCUT2D eigenvalue weighted by Crippen LogP contribution is -3.18. The van der Waals surface area contributed by atoms with Crippen LogP contribution in [-0.4, -0.2) is 42.9 Å². The van der Waals surface area contributed by atoms with Crippen molar-refractivity contribution in [2.24, 2.45) is 11.7 Å². The Kier molecular flexibility index (Phi) is 5.47. The van der Waals surface area contributed by atoms with E-state index in [0.717, 1.165) is 19.3 Å². The van der Waals surface area contributed by atoms with Crippen molar-refractivity contribution in [3.63, 3.8) is 0 Å². The molecule has 2 rings (SSSR count). The SMILES string of the molecule is CCOC(=O)C(=O)[C@@H]1CCC[NH+]1C(=O)C(N)CC1CCC1. The van der Waals surface area contributed by atoms with E-state index in [1.165, 1.54) is 6.42 Å². The molecule has 3 N–H and O–H groups in total. The second-order valence-corrected chi connectivity index (χ2v) is 6.06. The summed E-state index contributed by atoms with van der Waals surface area (Å²) < 4.78 is 4.75. The van der Waals surface area contributed by atoms with E-state index >= 15 is 0 Å². The molecule has 0 bridgehead atoms. The van der Waals surface area contributed by atoms with Crippen LogP contribution in [0.3, 0.4) is 0 Å². The molecule has 21 heavy (non-hydrogen) atoms. The highest BCUT2D eigenvalue weighted by molar-refractivity contribution is 6.35. The van der Waals surface area contributed by atoms with Gasteiger partial charge in [0.25, 0.3) is 5.78 Å². The Morgan fingerprint density at radius 3 is 2.52 bits per heavy atom. The fourth-order valence-corrected chi connectivity index (χ4v) is 3.21. The summed E-state index contributed by atoms with van der Waals surface area (Å²) in [6.45, 7) is 2.40. The molecule has 6 nitrogen and oxygen atoms in total. The molecule has 118 valence electrons. The first kappa shape index (κ1) is 16.1. The zero-order chi connectivity index (χ0) is 15.4. The van der Waals surface area contributed by atoms with E-state index in [0.29, 0.717) is 30.2 Å². The van der Waals surface area contributed by atoms with Gasteiger partial charge in [0.1, 0.15) is 6.04 Å². The van der Waals surface area contributed by atoms with Gasteiger partial charge in [-0.15, -0.1) is 0 Å². The summed E-state index contributed by atoms with van der Waals surface area (Å²) in [6.07, 6.45) is 5.50. The maximum absolute atomic E-state index is 12.4. The van der Waals surface area contributed by atoms with E-state index < -0.39 is 23.8 Å². The molecule has 1 saturated heterocycles. The Morgan fingerprint density at radius 1 is 1.24 bits per heavy atom. The fraction of sp³-hybridized carbons (Fsp3) is 0.800. The van der Waals surface area contributed by atoms with Crippen LogP contribution in [0.25, 0.3) is 0 Å². The number of amides is 1. The van der Waals surface area contributed by atoms with Crippen LogP contribution in [-0.2, 0) is 19.1 Å². The third kappa shape index (κ3) is 3.68. The standard InChI is InChI=1S/C15H24N2O4/c1-2-21-15(20)13(18)12-7-4-8-17(12)14(19)11(16)9-10-5-3-6-10/h10-12H,2-9,16H2,1H3/p+1/t11?,12-/m0/s1. The lowest BCUT2D eigenvalue weighted by molar-refractivity contribution is -0.823. The summed E-state index contributed by atoms with van der Waals surface area (Å²) >= 11 is 0. The molecule has 1 aliphatic heterocycles. The van der Waals surface area contributed by atoms with Crippen molar-refractivity contribution in [1.29, 1.82) is 0 Å². The number of quaternary nitrogens is 1. The van der Waals surface area contributed by atoms with Crippen LogP contribution in [0.1, 0.15) is 45.4 Å². The number of ether oxygens (including phenoxy) is 1. The van der Waals surface area contributed by atoms with Gasteiger partial charge in [-0.05, 0) is 19.3 Å². The van der Waals surface area contributed by atoms with Crippen molar-refractivity contribution < 1.29 is 24.0 Å². The maximum Gasteiger partial charge on any atom is 0.381 e. The smallest absolute Gasteiger partial charge is 0.381 e. The van der Waals surface area contributed by atoms with E-state index in [2.05, 4.69) is 0 Å². The third-order valence-electron chi connectivity index (χ3n) is 4.62. The van der Waals surface area contributed by atoms with Crippen LogP contribution in [0, 0.1) is 5.92 Å². The summed E-state index contributed by atoms with van der Waals surface area (Å²) in [5.74, 6) is -0.997. The van der Waals surface area contributed by atoms with Crippen molar-refractivity contribution >= 4 is 17.7 Å². The number of esters is 1. The fourth-order valence-electron chi connectivity index (χ4n) is 3.21. The highest BCUT2D eigenvalue weighted by atomic mass is 16.5. The Labute approximate surface area is 125 Å². The first-order chi connectivity index (χ1) is 10.0. The normalized spacial score (nSPS) is 27.0. The van der Waals surface area contributed by atoms with Gasteiger partial charge in [0.2, 0.25) is 0 Å². The summed E-state index contributed by atoms with van der Waals surface area (Å²) in [4.78, 5) is 36.6. The molecule has 1 aliphatic carbocycles. The number of nitrogens with one attached hydrogen (secondary N) is 1.